The smallest absolute Gasteiger partial charge is 0.230 e. The van der Waals surface area contributed by atoms with Crippen molar-refractivity contribution >= 4 is 40.9 Å². The summed E-state index contributed by atoms with van der Waals surface area (Å²) in [6.07, 6.45) is 0. The molecule has 0 unspecified atom stereocenters. The first-order valence-corrected chi connectivity index (χ1v) is 10.3. The third kappa shape index (κ3) is 5.67. The zero-order chi connectivity index (χ0) is 19.9. The molecule has 1 N–H and O–H groups in total. The maximum absolute atomic E-state index is 12.0. The quantitative estimate of drug-likeness (QED) is 0.525. The molecule has 2 aromatic carbocycles. The molecule has 0 atom stereocenters. The molecule has 0 aliphatic rings. The van der Waals surface area contributed by atoms with Gasteiger partial charge < -0.3 is 14.6 Å². The third-order valence-corrected chi connectivity index (χ3v) is 5.37. The SMILES string of the molecule is COc1cccc(CNC(=O)CSCc2cc(-c3ccc(Cl)cc3Cl)no2)c1. The standard InChI is InChI=1S/C20H18Cl2N2O3S/c1-26-15-4-2-3-13(7-15)10-23-20(25)12-28-11-16-9-19(24-27-16)17-6-5-14(21)8-18(17)22/h2-9H,10-12H2,1H3,(H,23,25). The number of methoxy groups -OCH3 is 1. The second-order valence-corrected chi connectivity index (χ2v) is 7.75. The highest BCUT2D eigenvalue weighted by Gasteiger charge is 2.11. The van der Waals surface area contributed by atoms with Gasteiger partial charge in [-0.1, -0.05) is 40.5 Å². The molecule has 0 aliphatic carbocycles. The van der Waals surface area contributed by atoms with Crippen molar-refractivity contribution in [3.05, 3.63) is 69.9 Å². The first-order chi connectivity index (χ1) is 13.5. The Hall–Kier alpha value is -2.15. The van der Waals surface area contributed by atoms with Crippen LogP contribution in [0.15, 0.2) is 53.1 Å². The minimum atomic E-state index is -0.0479. The van der Waals surface area contributed by atoms with Crippen molar-refractivity contribution < 1.29 is 14.1 Å². The molecule has 5 nitrogen and oxygen atoms in total. The molecule has 0 saturated heterocycles. The van der Waals surface area contributed by atoms with Crippen LogP contribution in [0.1, 0.15) is 11.3 Å². The van der Waals surface area contributed by atoms with Crippen LogP contribution < -0.4 is 10.1 Å². The highest BCUT2D eigenvalue weighted by atomic mass is 35.5. The van der Waals surface area contributed by atoms with Gasteiger partial charge in [-0.05, 0) is 35.9 Å². The van der Waals surface area contributed by atoms with Gasteiger partial charge in [0.05, 0.1) is 23.6 Å². The summed E-state index contributed by atoms with van der Waals surface area (Å²) in [6.45, 7) is 0.456. The van der Waals surface area contributed by atoms with E-state index in [0.29, 0.717) is 39.5 Å². The predicted octanol–water partition coefficient (Wildman–Crippen LogP) is 5.21. The molecule has 1 heterocycles. The van der Waals surface area contributed by atoms with Crippen LogP contribution in [-0.2, 0) is 17.1 Å². The van der Waals surface area contributed by atoms with E-state index in [1.165, 1.54) is 11.8 Å². The van der Waals surface area contributed by atoms with Gasteiger partial charge in [0.15, 0.2) is 0 Å². The zero-order valence-electron chi connectivity index (χ0n) is 15.1. The first kappa shape index (κ1) is 20.6. The van der Waals surface area contributed by atoms with Crippen molar-refractivity contribution in [1.29, 1.82) is 0 Å². The zero-order valence-corrected chi connectivity index (χ0v) is 17.4. The summed E-state index contributed by atoms with van der Waals surface area (Å²) in [5.74, 6) is 2.25. The molecule has 3 rings (SSSR count). The van der Waals surface area contributed by atoms with Gasteiger partial charge in [-0.2, -0.15) is 0 Å². The van der Waals surface area contributed by atoms with Gasteiger partial charge >= 0.3 is 0 Å². The number of rotatable bonds is 8. The fourth-order valence-corrected chi connectivity index (χ4v) is 3.72. The predicted molar refractivity (Wildman–Crippen MR) is 113 cm³/mol. The van der Waals surface area contributed by atoms with Gasteiger partial charge in [0.2, 0.25) is 5.91 Å². The molecule has 0 aliphatic heterocycles. The molecule has 28 heavy (non-hydrogen) atoms. The van der Waals surface area contributed by atoms with E-state index in [1.807, 2.05) is 30.3 Å². The van der Waals surface area contributed by atoms with Crippen LogP contribution in [0.3, 0.4) is 0 Å². The monoisotopic (exact) mass is 436 g/mol. The second kappa shape index (κ2) is 9.87. The second-order valence-electron chi connectivity index (χ2n) is 5.92. The van der Waals surface area contributed by atoms with Gasteiger partial charge in [0.1, 0.15) is 17.2 Å². The fraction of sp³-hybridized carbons (Fsp3) is 0.200. The minimum Gasteiger partial charge on any atom is -0.497 e. The maximum Gasteiger partial charge on any atom is 0.230 e. The van der Waals surface area contributed by atoms with Crippen LogP contribution in [0.25, 0.3) is 11.3 Å². The highest BCUT2D eigenvalue weighted by Crippen LogP contribution is 2.30. The molecule has 3 aromatic rings. The van der Waals surface area contributed by atoms with E-state index in [-0.39, 0.29) is 5.91 Å². The number of nitrogens with one attached hydrogen (secondary N) is 1. The summed E-state index contributed by atoms with van der Waals surface area (Å²) in [7, 11) is 1.62. The summed E-state index contributed by atoms with van der Waals surface area (Å²) in [4.78, 5) is 12.0. The number of hydrogen-bond acceptors (Lipinski definition) is 5. The van der Waals surface area contributed by atoms with E-state index in [9.17, 15) is 4.79 Å². The molecule has 0 radical (unpaired) electrons. The van der Waals surface area contributed by atoms with Crippen molar-refractivity contribution in [3.63, 3.8) is 0 Å². The Morgan fingerprint density at radius 1 is 1.21 bits per heavy atom. The summed E-state index contributed by atoms with van der Waals surface area (Å²) in [5.41, 5.74) is 2.37. The van der Waals surface area contributed by atoms with E-state index < -0.39 is 0 Å². The molecule has 0 saturated carbocycles. The van der Waals surface area contributed by atoms with Gasteiger partial charge in [-0.25, -0.2) is 0 Å². The average Bonchev–Trinajstić information content (AvgIpc) is 3.15. The lowest BCUT2D eigenvalue weighted by molar-refractivity contribution is -0.118. The van der Waals surface area contributed by atoms with Gasteiger partial charge in [0.25, 0.3) is 0 Å². The number of benzene rings is 2. The number of hydrogen-bond donors (Lipinski definition) is 1. The van der Waals surface area contributed by atoms with Crippen molar-refractivity contribution in [2.45, 2.75) is 12.3 Å². The molecule has 146 valence electrons. The number of nitrogens with zero attached hydrogens (tertiary/aromatic N) is 1. The van der Waals surface area contributed by atoms with Crippen LogP contribution in [0.4, 0.5) is 0 Å². The van der Waals surface area contributed by atoms with E-state index in [1.54, 1.807) is 25.3 Å². The third-order valence-electron chi connectivity index (χ3n) is 3.87. The molecule has 1 aromatic heterocycles. The summed E-state index contributed by atoms with van der Waals surface area (Å²) in [6, 6.07) is 14.6. The first-order valence-electron chi connectivity index (χ1n) is 8.43. The normalized spacial score (nSPS) is 10.7. The molecule has 8 heteroatoms. The molecular weight excluding hydrogens is 419 g/mol. The van der Waals surface area contributed by atoms with E-state index in [2.05, 4.69) is 10.5 Å². The maximum atomic E-state index is 12.0. The van der Waals surface area contributed by atoms with Crippen molar-refractivity contribution in [1.82, 2.24) is 10.5 Å². The summed E-state index contributed by atoms with van der Waals surface area (Å²) >= 11 is 13.6. The lowest BCUT2D eigenvalue weighted by Crippen LogP contribution is -2.24. The summed E-state index contributed by atoms with van der Waals surface area (Å²) in [5, 5.41) is 8.00. The molecular formula is C20H18Cl2N2O3S. The van der Waals surface area contributed by atoms with Crippen LogP contribution in [-0.4, -0.2) is 23.9 Å². The Balaban J connectivity index is 1.46. The lowest BCUT2D eigenvalue weighted by Gasteiger charge is -2.06. The van der Waals surface area contributed by atoms with Crippen LogP contribution in [0.5, 0.6) is 5.75 Å². The number of carbonyl (C=O) groups excluding carboxylic acids is 1. The number of thioether (sulfide) groups is 1. The van der Waals surface area contributed by atoms with Crippen molar-refractivity contribution in [3.8, 4) is 17.0 Å². The summed E-state index contributed by atoms with van der Waals surface area (Å²) < 4.78 is 10.5. The van der Waals surface area contributed by atoms with E-state index in [4.69, 9.17) is 32.5 Å². The van der Waals surface area contributed by atoms with Gasteiger partial charge in [0, 0.05) is 23.2 Å². The fourth-order valence-electron chi connectivity index (χ4n) is 2.48. The van der Waals surface area contributed by atoms with Crippen LogP contribution >= 0.6 is 35.0 Å². The lowest BCUT2D eigenvalue weighted by atomic mass is 10.1. The molecule has 0 spiro atoms. The molecule has 0 fully saturated rings. The number of amides is 1. The Morgan fingerprint density at radius 2 is 2.07 bits per heavy atom. The topological polar surface area (TPSA) is 64.4 Å². The highest BCUT2D eigenvalue weighted by molar-refractivity contribution is 7.99. The molecule has 0 bridgehead atoms. The Morgan fingerprint density at radius 3 is 2.86 bits per heavy atom. The van der Waals surface area contributed by atoms with Crippen LogP contribution in [0.2, 0.25) is 10.0 Å². The Labute approximate surface area is 177 Å². The Bertz CT molecular complexity index is 962. The van der Waals surface area contributed by atoms with Gasteiger partial charge in [-0.15, -0.1) is 11.8 Å². The number of ether oxygens (including phenoxy) is 1. The van der Waals surface area contributed by atoms with Crippen LogP contribution in [0, 0.1) is 0 Å². The molecule has 1 amide bonds. The largest absolute Gasteiger partial charge is 0.497 e. The number of aromatic nitrogens is 1. The van der Waals surface area contributed by atoms with Crippen molar-refractivity contribution in [2.24, 2.45) is 0 Å². The van der Waals surface area contributed by atoms with Crippen molar-refractivity contribution in [2.75, 3.05) is 12.9 Å². The number of carbonyl (C=O) groups is 1. The van der Waals surface area contributed by atoms with E-state index >= 15 is 0 Å². The Kier molecular flexibility index (Phi) is 7.25. The average molecular weight is 437 g/mol. The number of halogens is 2. The van der Waals surface area contributed by atoms with E-state index in [0.717, 1.165) is 16.9 Å². The minimum absolute atomic E-state index is 0.0479. The van der Waals surface area contributed by atoms with Gasteiger partial charge in [-0.3, -0.25) is 4.79 Å².